The fourth-order valence-electron chi connectivity index (χ4n) is 4.10. The van der Waals surface area contributed by atoms with E-state index >= 15 is 0 Å². The van der Waals surface area contributed by atoms with Gasteiger partial charge in [-0.1, -0.05) is 51.0 Å². The van der Waals surface area contributed by atoms with Crippen LogP contribution >= 0.6 is 12.4 Å². The molecule has 0 spiro atoms. The normalized spacial score (nSPS) is 11.2. The summed E-state index contributed by atoms with van der Waals surface area (Å²) in [4.78, 5) is 2.54. The first kappa shape index (κ1) is 33.4. The number of unbranched alkanes of at least 4 members (excludes halogenated alkanes) is 2. The molecule has 35 heavy (non-hydrogen) atoms. The van der Waals surface area contributed by atoms with E-state index in [0.717, 1.165) is 43.6 Å². The number of aromatic nitrogens is 1. The van der Waals surface area contributed by atoms with Crippen LogP contribution in [0.4, 0.5) is 5.69 Å². The van der Waals surface area contributed by atoms with Gasteiger partial charge in [0.25, 0.3) is 0 Å². The molecule has 0 saturated carbocycles. The van der Waals surface area contributed by atoms with E-state index < -0.39 is 0 Å². The van der Waals surface area contributed by atoms with Crippen LogP contribution in [0.2, 0.25) is 0 Å². The van der Waals surface area contributed by atoms with Crippen LogP contribution in [0, 0.1) is 0 Å². The number of rotatable bonds is 16. The molecule has 0 bridgehead atoms. The van der Waals surface area contributed by atoms with Crippen LogP contribution in [-0.4, -0.2) is 51.3 Å². The van der Waals surface area contributed by atoms with E-state index in [1.165, 1.54) is 55.5 Å². The van der Waals surface area contributed by atoms with Gasteiger partial charge < -0.3 is 27.5 Å². The lowest BCUT2D eigenvalue weighted by Crippen LogP contribution is -3.00. The average Bonchev–Trinajstić information content (AvgIpc) is 2.83. The molecular formula is C29H49Cl2N4+. The zero-order valence-electron chi connectivity index (χ0n) is 22.5. The van der Waals surface area contributed by atoms with Gasteiger partial charge in [0.2, 0.25) is 0 Å². The summed E-state index contributed by atoms with van der Waals surface area (Å²) in [7, 11) is 4.60. The van der Waals surface area contributed by atoms with Crippen LogP contribution in [0.25, 0.3) is 12.2 Å². The van der Waals surface area contributed by atoms with Crippen LogP contribution < -0.4 is 27.6 Å². The Bertz CT molecular complexity index is 796. The summed E-state index contributed by atoms with van der Waals surface area (Å²) in [6.07, 6.45) is 16.1. The number of hydrogen-bond acceptors (Lipinski definition) is 2. The SMILES string of the molecule is CCCCN(CCCC)c1ccc(/C=C/c2cc[n+](CCC[N+](C)(C)CCCN)cc2)cc1.Cl.[Cl-]. The van der Waals surface area contributed by atoms with Gasteiger partial charge in [-0.15, -0.1) is 12.4 Å². The van der Waals surface area contributed by atoms with Gasteiger partial charge in [0.1, 0.15) is 0 Å². The Morgan fingerprint density at radius 3 is 1.83 bits per heavy atom. The molecule has 0 amide bonds. The van der Waals surface area contributed by atoms with E-state index in [9.17, 15) is 0 Å². The molecule has 1 aromatic carbocycles. The molecule has 0 unspecified atom stereocenters. The minimum absolute atomic E-state index is 0. The Morgan fingerprint density at radius 2 is 1.31 bits per heavy atom. The van der Waals surface area contributed by atoms with E-state index in [4.69, 9.17) is 5.73 Å². The summed E-state index contributed by atoms with van der Waals surface area (Å²) in [5.41, 5.74) is 9.49. The third-order valence-corrected chi connectivity index (χ3v) is 6.35. The Kier molecular flexibility index (Phi) is 17.8. The smallest absolute Gasteiger partial charge is 0.169 e. The number of nitrogens with two attached hydrogens (primary N) is 1. The fraction of sp³-hybridized carbons (Fsp3) is 0.552. The van der Waals surface area contributed by atoms with Crippen molar-refractivity contribution in [2.45, 2.75) is 58.9 Å². The molecule has 2 N–H and O–H groups in total. The van der Waals surface area contributed by atoms with Gasteiger partial charge in [-0.2, -0.15) is 0 Å². The quantitative estimate of drug-likeness (QED) is 0.271. The van der Waals surface area contributed by atoms with Crippen LogP contribution in [0.5, 0.6) is 0 Å². The Labute approximate surface area is 227 Å². The number of halogens is 2. The molecule has 0 saturated heterocycles. The van der Waals surface area contributed by atoms with Gasteiger partial charge in [0.15, 0.2) is 18.9 Å². The lowest BCUT2D eigenvalue weighted by Gasteiger charge is -2.29. The molecule has 1 aromatic heterocycles. The number of aryl methyl sites for hydroxylation is 1. The van der Waals surface area contributed by atoms with Gasteiger partial charge in [0.05, 0.1) is 33.6 Å². The van der Waals surface area contributed by atoms with Crippen molar-refractivity contribution in [3.8, 4) is 0 Å². The van der Waals surface area contributed by atoms with E-state index in [0.29, 0.717) is 0 Å². The summed E-state index contributed by atoms with van der Waals surface area (Å²) in [5.74, 6) is 0. The molecule has 0 atom stereocenters. The number of pyridine rings is 1. The highest BCUT2D eigenvalue weighted by atomic mass is 35.5. The van der Waals surface area contributed by atoms with Crippen LogP contribution in [-0.2, 0) is 6.54 Å². The summed E-state index contributed by atoms with van der Waals surface area (Å²) in [6.45, 7) is 11.0. The molecule has 6 heteroatoms. The number of nitrogens with zero attached hydrogens (tertiary/aromatic N) is 3. The van der Waals surface area contributed by atoms with E-state index in [-0.39, 0.29) is 24.8 Å². The van der Waals surface area contributed by atoms with Gasteiger partial charge in [-0.05, 0) is 42.6 Å². The van der Waals surface area contributed by atoms with Crippen molar-refractivity contribution in [2.75, 3.05) is 51.7 Å². The molecule has 0 fully saturated rings. The molecule has 0 aliphatic rings. The second-order valence-electron chi connectivity index (χ2n) is 9.87. The third-order valence-electron chi connectivity index (χ3n) is 6.35. The molecule has 4 nitrogen and oxygen atoms in total. The number of quaternary nitrogens is 1. The molecule has 1 heterocycles. The summed E-state index contributed by atoms with van der Waals surface area (Å²) in [6, 6.07) is 13.4. The van der Waals surface area contributed by atoms with Crippen molar-refractivity contribution in [1.29, 1.82) is 0 Å². The predicted octanol–water partition coefficient (Wildman–Crippen LogP) is 2.79. The predicted molar refractivity (Wildman–Crippen MR) is 151 cm³/mol. The first-order chi connectivity index (χ1) is 16.0. The molecular weight excluding hydrogens is 475 g/mol. The zero-order chi connectivity index (χ0) is 23.9. The largest absolute Gasteiger partial charge is 1.00 e. The van der Waals surface area contributed by atoms with Gasteiger partial charge in [-0.3, -0.25) is 0 Å². The lowest BCUT2D eigenvalue weighted by atomic mass is 10.1. The van der Waals surface area contributed by atoms with E-state index in [2.05, 4.69) is 98.4 Å². The van der Waals surface area contributed by atoms with Crippen molar-refractivity contribution in [2.24, 2.45) is 5.73 Å². The van der Waals surface area contributed by atoms with Crippen LogP contribution in [0.15, 0.2) is 48.8 Å². The molecule has 2 aromatic rings. The zero-order valence-corrected chi connectivity index (χ0v) is 24.0. The lowest BCUT2D eigenvalue weighted by molar-refractivity contribution is -0.893. The topological polar surface area (TPSA) is 33.1 Å². The maximum atomic E-state index is 5.66. The molecule has 0 aliphatic carbocycles. The summed E-state index contributed by atoms with van der Waals surface area (Å²) < 4.78 is 3.34. The number of hydrogen-bond donors (Lipinski definition) is 1. The summed E-state index contributed by atoms with van der Waals surface area (Å²) in [5, 5.41) is 0. The minimum Gasteiger partial charge on any atom is -1.00 e. The molecule has 0 radical (unpaired) electrons. The molecule has 198 valence electrons. The van der Waals surface area contributed by atoms with Crippen LogP contribution in [0.3, 0.4) is 0 Å². The molecule has 2 rings (SSSR count). The highest BCUT2D eigenvalue weighted by Crippen LogP contribution is 2.18. The second-order valence-corrected chi connectivity index (χ2v) is 9.87. The third kappa shape index (κ3) is 13.3. The number of anilines is 1. The van der Waals surface area contributed by atoms with E-state index in [1.807, 2.05) is 0 Å². The van der Waals surface area contributed by atoms with Crippen molar-refractivity contribution < 1.29 is 21.5 Å². The first-order valence-electron chi connectivity index (χ1n) is 13.0. The fourth-order valence-corrected chi connectivity index (χ4v) is 4.10. The van der Waals surface area contributed by atoms with Gasteiger partial charge in [0, 0.05) is 37.3 Å². The maximum absolute atomic E-state index is 5.66. The second kappa shape index (κ2) is 18.6. The Hall–Kier alpha value is -1.59. The first-order valence-corrected chi connectivity index (χ1v) is 13.0. The van der Waals surface area contributed by atoms with Crippen LogP contribution in [0.1, 0.15) is 63.5 Å². The summed E-state index contributed by atoms with van der Waals surface area (Å²) >= 11 is 0. The monoisotopic (exact) mass is 523 g/mol. The number of benzene rings is 1. The van der Waals surface area contributed by atoms with Crippen molar-refractivity contribution in [1.82, 2.24) is 0 Å². The van der Waals surface area contributed by atoms with Crippen molar-refractivity contribution >= 4 is 30.2 Å². The standard InChI is InChI=1S/C29H48N4.2ClH/c1-5-7-21-32(22-8-6-2)29-15-13-27(14-16-29)11-12-28-17-23-31(24-18-28)20-10-26-33(3,4)25-9-19-30;;/h11-18,23-24H,5-10,19-22,25-26,30H2,1-4H3;2*1H/q+2;;/p-1. The van der Waals surface area contributed by atoms with Gasteiger partial charge >= 0.3 is 0 Å². The maximum Gasteiger partial charge on any atom is 0.169 e. The average molecular weight is 525 g/mol. The van der Waals surface area contributed by atoms with Crippen molar-refractivity contribution in [3.63, 3.8) is 0 Å². The van der Waals surface area contributed by atoms with Gasteiger partial charge in [-0.25, -0.2) is 4.57 Å². The minimum atomic E-state index is 0. The highest BCUT2D eigenvalue weighted by molar-refractivity contribution is 5.85. The van der Waals surface area contributed by atoms with Crippen molar-refractivity contribution in [3.05, 3.63) is 59.9 Å². The van der Waals surface area contributed by atoms with E-state index in [1.54, 1.807) is 0 Å². The molecule has 0 aliphatic heterocycles. The Morgan fingerprint density at radius 1 is 0.800 bits per heavy atom. The highest BCUT2D eigenvalue weighted by Gasteiger charge is 2.14. The Balaban J connectivity index is 0.00000578.